The molecular formula is C17H29N3O. The van der Waals surface area contributed by atoms with E-state index in [1.165, 1.54) is 12.8 Å². The summed E-state index contributed by atoms with van der Waals surface area (Å²) >= 11 is 0. The first-order chi connectivity index (χ1) is 9.91. The molecular weight excluding hydrogens is 262 g/mol. The average molecular weight is 291 g/mol. The molecule has 1 fully saturated rings. The Hall–Kier alpha value is -1.32. The molecule has 0 aromatic carbocycles. The van der Waals surface area contributed by atoms with Crippen LogP contribution in [-0.2, 0) is 17.9 Å². The largest absolute Gasteiger partial charge is 0.350 e. The number of carbonyl (C=O) groups is 1. The number of aromatic nitrogens is 2. The number of rotatable bonds is 4. The van der Waals surface area contributed by atoms with Crippen LogP contribution in [0.1, 0.15) is 59.1 Å². The van der Waals surface area contributed by atoms with E-state index in [9.17, 15) is 4.79 Å². The lowest BCUT2D eigenvalue weighted by atomic mass is 9.69. The highest BCUT2D eigenvalue weighted by Gasteiger charge is 2.32. The summed E-state index contributed by atoms with van der Waals surface area (Å²) < 4.78 is 1.93. The van der Waals surface area contributed by atoms with Crippen molar-refractivity contribution < 1.29 is 4.79 Å². The van der Waals surface area contributed by atoms with Gasteiger partial charge in [0.15, 0.2) is 0 Å². The molecule has 0 bridgehead atoms. The first kappa shape index (κ1) is 16.1. The minimum atomic E-state index is 0.196. The lowest BCUT2D eigenvalue weighted by Gasteiger charge is -2.36. The molecule has 1 aromatic rings. The van der Waals surface area contributed by atoms with Gasteiger partial charge in [0.05, 0.1) is 12.2 Å². The molecule has 0 spiro atoms. The van der Waals surface area contributed by atoms with Gasteiger partial charge in [-0.25, -0.2) is 0 Å². The molecule has 1 aromatic heterocycles. The fraction of sp³-hybridized carbons (Fsp3) is 0.765. The van der Waals surface area contributed by atoms with Gasteiger partial charge in [-0.05, 0) is 50.0 Å². The molecule has 1 saturated carbocycles. The number of hydrogen-bond acceptors (Lipinski definition) is 2. The van der Waals surface area contributed by atoms with E-state index in [1.807, 2.05) is 10.7 Å². The van der Waals surface area contributed by atoms with E-state index in [0.717, 1.165) is 31.0 Å². The number of carbonyl (C=O) groups excluding carboxylic acids is 1. The molecule has 0 aliphatic heterocycles. The summed E-state index contributed by atoms with van der Waals surface area (Å²) in [7, 11) is 0. The van der Waals surface area contributed by atoms with Crippen LogP contribution in [-0.4, -0.2) is 15.7 Å². The van der Waals surface area contributed by atoms with Gasteiger partial charge in [0, 0.05) is 18.7 Å². The van der Waals surface area contributed by atoms with Gasteiger partial charge in [-0.1, -0.05) is 20.8 Å². The van der Waals surface area contributed by atoms with Crippen LogP contribution in [0.4, 0.5) is 0 Å². The summed E-state index contributed by atoms with van der Waals surface area (Å²) in [4.78, 5) is 12.3. The van der Waals surface area contributed by atoms with Gasteiger partial charge < -0.3 is 5.32 Å². The number of amides is 1. The lowest BCUT2D eigenvalue weighted by molar-refractivity contribution is -0.126. The lowest BCUT2D eigenvalue weighted by Crippen LogP contribution is -2.35. The predicted molar refractivity (Wildman–Crippen MR) is 84.7 cm³/mol. The van der Waals surface area contributed by atoms with Crippen molar-refractivity contribution in [3.05, 3.63) is 18.0 Å². The monoisotopic (exact) mass is 291 g/mol. The second-order valence-electron chi connectivity index (χ2n) is 7.27. The molecule has 21 heavy (non-hydrogen) atoms. The molecule has 4 nitrogen and oxygen atoms in total. The molecule has 1 heterocycles. The third kappa shape index (κ3) is 4.08. The maximum absolute atomic E-state index is 12.3. The molecule has 1 N–H and O–H groups in total. The quantitative estimate of drug-likeness (QED) is 0.924. The standard InChI is InChI=1S/C17H29N3O/c1-5-20-15(10-11-19-20)12-18-16(21)13-6-8-14(9-7-13)17(2,3)4/h10-11,13-14H,5-9,12H2,1-4H3,(H,18,21). The minimum Gasteiger partial charge on any atom is -0.350 e. The van der Waals surface area contributed by atoms with E-state index in [0.29, 0.717) is 12.0 Å². The van der Waals surface area contributed by atoms with Gasteiger partial charge in [0.2, 0.25) is 5.91 Å². The highest BCUT2D eigenvalue weighted by molar-refractivity contribution is 5.78. The zero-order valence-electron chi connectivity index (χ0n) is 13.9. The van der Waals surface area contributed by atoms with Crippen LogP contribution in [0.2, 0.25) is 0 Å². The average Bonchev–Trinajstić information content (AvgIpc) is 2.91. The van der Waals surface area contributed by atoms with Crippen LogP contribution < -0.4 is 5.32 Å². The smallest absolute Gasteiger partial charge is 0.223 e. The maximum Gasteiger partial charge on any atom is 0.223 e. The zero-order chi connectivity index (χ0) is 15.5. The first-order valence-corrected chi connectivity index (χ1v) is 8.20. The Balaban J connectivity index is 1.80. The van der Waals surface area contributed by atoms with Crippen molar-refractivity contribution in [2.24, 2.45) is 17.3 Å². The Bertz CT molecular complexity index is 465. The van der Waals surface area contributed by atoms with Gasteiger partial charge in [-0.3, -0.25) is 9.48 Å². The Morgan fingerprint density at radius 1 is 1.33 bits per heavy atom. The van der Waals surface area contributed by atoms with Crippen LogP contribution in [0, 0.1) is 17.3 Å². The SMILES string of the molecule is CCn1nccc1CNC(=O)C1CCC(C(C)(C)C)CC1. The van der Waals surface area contributed by atoms with E-state index in [2.05, 4.69) is 38.1 Å². The summed E-state index contributed by atoms with van der Waals surface area (Å²) in [5.41, 5.74) is 1.45. The number of nitrogens with zero attached hydrogens (tertiary/aromatic N) is 2. The van der Waals surface area contributed by atoms with Crippen LogP contribution in [0.5, 0.6) is 0 Å². The van der Waals surface area contributed by atoms with Crippen molar-refractivity contribution in [1.29, 1.82) is 0 Å². The predicted octanol–water partition coefficient (Wildman–Crippen LogP) is 3.37. The summed E-state index contributed by atoms with van der Waals surface area (Å²) in [6.07, 6.45) is 6.20. The van der Waals surface area contributed by atoms with Crippen molar-refractivity contribution in [1.82, 2.24) is 15.1 Å². The fourth-order valence-corrected chi connectivity index (χ4v) is 3.34. The van der Waals surface area contributed by atoms with Crippen LogP contribution in [0.15, 0.2) is 12.3 Å². The van der Waals surface area contributed by atoms with Crippen molar-refractivity contribution in [2.45, 2.75) is 66.5 Å². The van der Waals surface area contributed by atoms with Crippen molar-refractivity contribution in [3.63, 3.8) is 0 Å². The summed E-state index contributed by atoms with van der Waals surface area (Å²) in [5.74, 6) is 1.16. The maximum atomic E-state index is 12.3. The Labute approximate surface area is 128 Å². The molecule has 0 radical (unpaired) electrons. The zero-order valence-corrected chi connectivity index (χ0v) is 13.9. The number of hydrogen-bond donors (Lipinski definition) is 1. The van der Waals surface area contributed by atoms with Crippen molar-refractivity contribution in [3.8, 4) is 0 Å². The van der Waals surface area contributed by atoms with Gasteiger partial charge in [0.1, 0.15) is 0 Å². The Morgan fingerprint density at radius 2 is 2.00 bits per heavy atom. The summed E-state index contributed by atoms with van der Waals surface area (Å²) in [6.45, 7) is 10.4. The van der Waals surface area contributed by atoms with E-state index in [1.54, 1.807) is 6.20 Å². The highest BCUT2D eigenvalue weighted by atomic mass is 16.1. The van der Waals surface area contributed by atoms with Gasteiger partial charge >= 0.3 is 0 Å². The molecule has 1 amide bonds. The van der Waals surface area contributed by atoms with Gasteiger partial charge in [-0.15, -0.1) is 0 Å². The van der Waals surface area contributed by atoms with E-state index in [-0.39, 0.29) is 11.8 Å². The molecule has 0 unspecified atom stereocenters. The number of nitrogens with one attached hydrogen (secondary N) is 1. The molecule has 0 saturated heterocycles. The molecule has 1 aliphatic rings. The Kier molecular flexibility index (Phi) is 5.07. The first-order valence-electron chi connectivity index (χ1n) is 8.20. The molecule has 2 rings (SSSR count). The van der Waals surface area contributed by atoms with Gasteiger partial charge in [0.25, 0.3) is 0 Å². The fourth-order valence-electron chi connectivity index (χ4n) is 3.34. The summed E-state index contributed by atoms with van der Waals surface area (Å²) in [6, 6.07) is 1.97. The second-order valence-corrected chi connectivity index (χ2v) is 7.27. The molecule has 118 valence electrons. The number of aryl methyl sites for hydroxylation is 1. The van der Waals surface area contributed by atoms with Crippen molar-refractivity contribution >= 4 is 5.91 Å². The molecule has 1 aliphatic carbocycles. The van der Waals surface area contributed by atoms with Crippen molar-refractivity contribution in [2.75, 3.05) is 0 Å². The third-order valence-electron chi connectivity index (χ3n) is 4.87. The third-order valence-corrected chi connectivity index (χ3v) is 4.87. The topological polar surface area (TPSA) is 46.9 Å². The summed E-state index contributed by atoms with van der Waals surface area (Å²) in [5, 5.41) is 7.31. The second kappa shape index (κ2) is 6.63. The Morgan fingerprint density at radius 3 is 2.57 bits per heavy atom. The minimum absolute atomic E-state index is 0.196. The van der Waals surface area contributed by atoms with Crippen LogP contribution in [0.3, 0.4) is 0 Å². The van der Waals surface area contributed by atoms with Crippen LogP contribution in [0.25, 0.3) is 0 Å². The van der Waals surface area contributed by atoms with E-state index < -0.39 is 0 Å². The molecule has 0 atom stereocenters. The molecule has 4 heteroatoms. The highest BCUT2D eigenvalue weighted by Crippen LogP contribution is 2.39. The van der Waals surface area contributed by atoms with Gasteiger partial charge in [-0.2, -0.15) is 5.10 Å². The van der Waals surface area contributed by atoms with E-state index >= 15 is 0 Å². The van der Waals surface area contributed by atoms with Crippen LogP contribution >= 0.6 is 0 Å². The normalized spacial score (nSPS) is 23.0. The van der Waals surface area contributed by atoms with E-state index in [4.69, 9.17) is 0 Å².